The van der Waals surface area contributed by atoms with Gasteiger partial charge in [0.05, 0.1) is 6.54 Å². The van der Waals surface area contributed by atoms with Crippen molar-refractivity contribution >= 4 is 17.1 Å². The van der Waals surface area contributed by atoms with Gasteiger partial charge in [-0.15, -0.1) is 0 Å². The van der Waals surface area contributed by atoms with Gasteiger partial charge in [-0.1, -0.05) is 18.3 Å². The summed E-state index contributed by atoms with van der Waals surface area (Å²) < 4.78 is 7.29. The standard InChI is InChI=1S/C15H17NO3S/c1-3-14(17)12-4-6-13(7-5-12)19-9-8-16-11(2)10-20-15(16)18/h4-7,10H,3,8-9H2,1-2H3. The van der Waals surface area contributed by atoms with Gasteiger partial charge in [0.1, 0.15) is 12.4 Å². The lowest BCUT2D eigenvalue weighted by Gasteiger charge is -2.08. The zero-order chi connectivity index (χ0) is 14.5. The summed E-state index contributed by atoms with van der Waals surface area (Å²) in [6.07, 6.45) is 0.501. The number of hydrogen-bond donors (Lipinski definition) is 0. The largest absolute Gasteiger partial charge is 0.492 e. The van der Waals surface area contributed by atoms with Crippen molar-refractivity contribution < 1.29 is 9.53 Å². The van der Waals surface area contributed by atoms with Crippen LogP contribution in [-0.2, 0) is 6.54 Å². The first-order chi connectivity index (χ1) is 9.61. The highest BCUT2D eigenvalue weighted by atomic mass is 32.1. The van der Waals surface area contributed by atoms with E-state index in [2.05, 4.69) is 0 Å². The van der Waals surface area contributed by atoms with Gasteiger partial charge in [0, 0.05) is 23.1 Å². The minimum atomic E-state index is 0.0370. The Labute approximate surface area is 121 Å². The van der Waals surface area contributed by atoms with E-state index < -0.39 is 0 Å². The maximum atomic E-state index is 11.5. The average Bonchev–Trinajstić information content (AvgIpc) is 2.79. The molecule has 0 unspecified atom stereocenters. The molecule has 2 rings (SSSR count). The molecular weight excluding hydrogens is 274 g/mol. The minimum absolute atomic E-state index is 0.0370. The molecule has 1 aromatic heterocycles. The van der Waals surface area contributed by atoms with Crippen LogP contribution in [0.5, 0.6) is 5.75 Å². The fraction of sp³-hybridized carbons (Fsp3) is 0.333. The molecule has 0 bridgehead atoms. The molecule has 2 aromatic rings. The molecule has 0 aliphatic carbocycles. The van der Waals surface area contributed by atoms with E-state index in [4.69, 9.17) is 4.74 Å². The first-order valence-corrected chi connectivity index (χ1v) is 7.40. The summed E-state index contributed by atoms with van der Waals surface area (Å²) in [7, 11) is 0. The van der Waals surface area contributed by atoms with E-state index in [1.54, 1.807) is 28.8 Å². The number of Topliss-reactive ketones (excluding diaryl/α,β-unsaturated/α-hetero) is 1. The van der Waals surface area contributed by atoms with Gasteiger partial charge in [-0.25, -0.2) is 0 Å². The molecule has 0 saturated heterocycles. The van der Waals surface area contributed by atoms with Crippen LogP contribution in [0.25, 0.3) is 0 Å². The molecule has 5 heteroatoms. The monoisotopic (exact) mass is 291 g/mol. The highest BCUT2D eigenvalue weighted by Crippen LogP contribution is 2.13. The third kappa shape index (κ3) is 3.36. The van der Waals surface area contributed by atoms with Gasteiger partial charge in [0.25, 0.3) is 0 Å². The number of benzene rings is 1. The molecule has 0 atom stereocenters. The third-order valence-electron chi connectivity index (χ3n) is 3.06. The first-order valence-electron chi connectivity index (χ1n) is 6.53. The Morgan fingerprint density at radius 2 is 2.00 bits per heavy atom. The van der Waals surface area contributed by atoms with Crippen molar-refractivity contribution in [2.75, 3.05) is 6.61 Å². The third-order valence-corrected chi connectivity index (χ3v) is 3.94. The van der Waals surface area contributed by atoms with Gasteiger partial charge >= 0.3 is 4.87 Å². The lowest BCUT2D eigenvalue weighted by Crippen LogP contribution is -2.18. The molecule has 0 aliphatic rings. The molecular formula is C15H17NO3S. The van der Waals surface area contributed by atoms with Crippen LogP contribution in [0.3, 0.4) is 0 Å². The van der Waals surface area contributed by atoms with Crippen molar-refractivity contribution in [1.82, 2.24) is 4.57 Å². The number of aryl methyl sites for hydroxylation is 1. The summed E-state index contributed by atoms with van der Waals surface area (Å²) in [5, 5.41) is 1.84. The van der Waals surface area contributed by atoms with Crippen molar-refractivity contribution in [2.45, 2.75) is 26.8 Å². The molecule has 0 spiro atoms. The van der Waals surface area contributed by atoms with E-state index in [1.165, 1.54) is 11.3 Å². The molecule has 1 aromatic carbocycles. The number of aromatic nitrogens is 1. The fourth-order valence-electron chi connectivity index (χ4n) is 1.87. The Bertz CT molecular complexity index is 640. The van der Waals surface area contributed by atoms with Gasteiger partial charge in [0.15, 0.2) is 5.78 Å². The molecule has 4 nitrogen and oxygen atoms in total. The summed E-state index contributed by atoms with van der Waals surface area (Å²) in [6.45, 7) is 4.71. The van der Waals surface area contributed by atoms with Crippen molar-refractivity contribution in [1.29, 1.82) is 0 Å². The summed E-state index contributed by atoms with van der Waals surface area (Å²) in [5.41, 5.74) is 1.65. The maximum absolute atomic E-state index is 11.5. The highest BCUT2D eigenvalue weighted by molar-refractivity contribution is 7.07. The molecule has 0 fully saturated rings. The number of carbonyl (C=O) groups is 1. The molecule has 106 valence electrons. The zero-order valence-corrected chi connectivity index (χ0v) is 12.4. The molecule has 0 radical (unpaired) electrons. The van der Waals surface area contributed by atoms with Crippen molar-refractivity contribution in [3.63, 3.8) is 0 Å². The van der Waals surface area contributed by atoms with Crippen LogP contribution < -0.4 is 9.61 Å². The van der Waals surface area contributed by atoms with E-state index in [1.807, 2.05) is 19.2 Å². The number of nitrogens with zero attached hydrogens (tertiary/aromatic N) is 1. The van der Waals surface area contributed by atoms with Gasteiger partial charge in [-0.3, -0.25) is 14.2 Å². The summed E-state index contributed by atoms with van der Waals surface area (Å²) in [4.78, 5) is 23.1. The number of rotatable bonds is 6. The van der Waals surface area contributed by atoms with Gasteiger partial charge in [-0.2, -0.15) is 0 Å². The van der Waals surface area contributed by atoms with Gasteiger partial charge in [-0.05, 0) is 31.2 Å². The van der Waals surface area contributed by atoms with Crippen molar-refractivity contribution in [3.05, 3.63) is 50.6 Å². The summed E-state index contributed by atoms with van der Waals surface area (Å²) in [6, 6.07) is 7.10. The SMILES string of the molecule is CCC(=O)c1ccc(OCCn2c(C)csc2=O)cc1. The molecule has 20 heavy (non-hydrogen) atoms. The van der Waals surface area contributed by atoms with E-state index in [0.717, 1.165) is 5.69 Å². The Balaban J connectivity index is 1.92. The first kappa shape index (κ1) is 14.5. The average molecular weight is 291 g/mol. The van der Waals surface area contributed by atoms with Crippen LogP contribution in [0, 0.1) is 6.92 Å². The lowest BCUT2D eigenvalue weighted by molar-refractivity contribution is 0.0988. The second-order valence-electron chi connectivity index (χ2n) is 4.44. The Hall–Kier alpha value is -1.88. The van der Waals surface area contributed by atoms with Crippen LogP contribution in [0.1, 0.15) is 29.4 Å². The quantitative estimate of drug-likeness (QED) is 0.769. The smallest absolute Gasteiger partial charge is 0.307 e. The van der Waals surface area contributed by atoms with E-state index in [0.29, 0.717) is 30.9 Å². The Morgan fingerprint density at radius 1 is 1.30 bits per heavy atom. The number of thiazole rings is 1. The summed E-state index contributed by atoms with van der Waals surface area (Å²) in [5.74, 6) is 0.829. The molecule has 0 aliphatic heterocycles. The normalized spacial score (nSPS) is 10.5. The van der Waals surface area contributed by atoms with Crippen LogP contribution in [0.2, 0.25) is 0 Å². The Morgan fingerprint density at radius 3 is 2.55 bits per heavy atom. The molecule has 1 heterocycles. The predicted octanol–water partition coefficient (Wildman–Crippen LogP) is 2.89. The number of ether oxygens (including phenoxy) is 1. The second kappa shape index (κ2) is 6.52. The molecule has 0 saturated carbocycles. The molecule has 0 amide bonds. The van der Waals surface area contributed by atoms with Gasteiger partial charge < -0.3 is 4.74 Å². The second-order valence-corrected chi connectivity index (χ2v) is 5.26. The number of carbonyl (C=O) groups excluding carboxylic acids is 1. The maximum Gasteiger partial charge on any atom is 0.307 e. The number of hydrogen-bond acceptors (Lipinski definition) is 4. The van der Waals surface area contributed by atoms with E-state index in [9.17, 15) is 9.59 Å². The van der Waals surface area contributed by atoms with Crippen LogP contribution >= 0.6 is 11.3 Å². The highest BCUT2D eigenvalue weighted by Gasteiger charge is 2.04. The van der Waals surface area contributed by atoms with E-state index >= 15 is 0 Å². The number of ketones is 1. The zero-order valence-electron chi connectivity index (χ0n) is 11.6. The van der Waals surface area contributed by atoms with Crippen LogP contribution in [0.4, 0.5) is 0 Å². The minimum Gasteiger partial charge on any atom is -0.492 e. The van der Waals surface area contributed by atoms with Crippen LogP contribution in [0.15, 0.2) is 34.4 Å². The van der Waals surface area contributed by atoms with Crippen molar-refractivity contribution in [2.24, 2.45) is 0 Å². The molecule has 0 N–H and O–H groups in total. The lowest BCUT2D eigenvalue weighted by atomic mass is 10.1. The summed E-state index contributed by atoms with van der Waals surface area (Å²) >= 11 is 1.20. The van der Waals surface area contributed by atoms with Crippen LogP contribution in [-0.4, -0.2) is 17.0 Å². The van der Waals surface area contributed by atoms with E-state index in [-0.39, 0.29) is 10.7 Å². The van der Waals surface area contributed by atoms with Crippen molar-refractivity contribution in [3.8, 4) is 5.75 Å². The Kier molecular flexibility index (Phi) is 4.74. The topological polar surface area (TPSA) is 48.3 Å². The van der Waals surface area contributed by atoms with Gasteiger partial charge in [0.2, 0.25) is 0 Å². The fourth-order valence-corrected chi connectivity index (χ4v) is 2.63. The predicted molar refractivity (Wildman–Crippen MR) is 79.9 cm³/mol.